The molecular weight excluding hydrogens is 419 g/mol. The Labute approximate surface area is 180 Å². The van der Waals surface area contributed by atoms with Crippen molar-refractivity contribution >= 4 is 21.0 Å². The van der Waals surface area contributed by atoms with Crippen molar-refractivity contribution < 1.29 is 17.3 Å². The molecule has 0 radical (unpaired) electrons. The van der Waals surface area contributed by atoms with Crippen LogP contribution >= 0.6 is 0 Å². The van der Waals surface area contributed by atoms with E-state index in [0.717, 1.165) is 43.6 Å². The topological polar surface area (TPSA) is 99.2 Å². The molecule has 1 saturated heterocycles. The van der Waals surface area contributed by atoms with Gasteiger partial charge in [-0.25, -0.2) is 17.5 Å². The summed E-state index contributed by atoms with van der Waals surface area (Å²) in [6.45, 7) is 2.93. The normalized spacial score (nSPS) is 15.9. The molecule has 7 nitrogen and oxygen atoms in total. The smallest absolute Gasteiger partial charge is 0.240 e. The number of halogens is 1. The van der Waals surface area contributed by atoms with Gasteiger partial charge >= 0.3 is 0 Å². The second-order valence-corrected chi connectivity index (χ2v) is 9.48. The fourth-order valence-electron chi connectivity index (χ4n) is 3.96. The molecule has 162 valence electrons. The van der Waals surface area contributed by atoms with E-state index in [9.17, 15) is 12.8 Å². The van der Waals surface area contributed by atoms with Crippen LogP contribution in [0.5, 0.6) is 0 Å². The standard InChI is InChI=1S/C22H23FN4O3S/c23-18-4-7-20-21(14-18)30-26-22(20)17-8-12-27(13-9-17)11-1-10-25-31(28,29)19-5-2-16(15-24)3-6-19/h2-7,14,17,25H,1,8-13H2. The lowest BCUT2D eigenvalue weighted by molar-refractivity contribution is 0.208. The minimum absolute atomic E-state index is 0.159. The summed E-state index contributed by atoms with van der Waals surface area (Å²) in [6.07, 6.45) is 2.55. The van der Waals surface area contributed by atoms with Crippen molar-refractivity contribution in [1.82, 2.24) is 14.8 Å². The number of sulfonamides is 1. The van der Waals surface area contributed by atoms with Crippen LogP contribution < -0.4 is 4.72 Å². The van der Waals surface area contributed by atoms with Crippen molar-refractivity contribution in [3.8, 4) is 6.07 Å². The molecule has 4 rings (SSSR count). The Kier molecular flexibility index (Phi) is 6.32. The first kappa shape index (κ1) is 21.4. The summed E-state index contributed by atoms with van der Waals surface area (Å²) in [5.41, 5.74) is 1.80. The van der Waals surface area contributed by atoms with Gasteiger partial charge in [-0.3, -0.25) is 0 Å². The molecule has 9 heteroatoms. The van der Waals surface area contributed by atoms with E-state index in [1.165, 1.54) is 36.4 Å². The van der Waals surface area contributed by atoms with Crippen LogP contribution in [0.1, 0.15) is 36.4 Å². The van der Waals surface area contributed by atoms with Gasteiger partial charge in [-0.05, 0) is 75.3 Å². The highest BCUT2D eigenvalue weighted by Crippen LogP contribution is 2.32. The predicted octanol–water partition coefficient (Wildman–Crippen LogP) is 3.39. The molecule has 0 aliphatic carbocycles. The molecule has 0 saturated carbocycles. The van der Waals surface area contributed by atoms with Gasteiger partial charge in [0.1, 0.15) is 5.82 Å². The number of piperidine rings is 1. The minimum atomic E-state index is -3.57. The number of hydrogen-bond acceptors (Lipinski definition) is 6. The van der Waals surface area contributed by atoms with E-state index in [1.54, 1.807) is 6.07 Å². The van der Waals surface area contributed by atoms with Crippen molar-refractivity contribution in [2.75, 3.05) is 26.2 Å². The van der Waals surface area contributed by atoms with E-state index in [2.05, 4.69) is 14.8 Å². The van der Waals surface area contributed by atoms with Crippen LogP contribution in [0.4, 0.5) is 4.39 Å². The zero-order valence-electron chi connectivity index (χ0n) is 16.9. The fourth-order valence-corrected chi connectivity index (χ4v) is 5.03. The minimum Gasteiger partial charge on any atom is -0.356 e. The molecule has 2 aromatic carbocycles. The van der Waals surface area contributed by atoms with Crippen molar-refractivity contribution in [1.29, 1.82) is 5.26 Å². The number of likely N-dealkylation sites (tertiary alicyclic amines) is 1. The molecule has 0 bridgehead atoms. The molecule has 1 aliphatic rings. The summed E-state index contributed by atoms with van der Waals surface area (Å²) in [5.74, 6) is -0.0577. The van der Waals surface area contributed by atoms with Gasteiger partial charge in [0, 0.05) is 23.9 Å². The second kappa shape index (κ2) is 9.14. The highest BCUT2D eigenvalue weighted by Gasteiger charge is 2.25. The number of hydrogen-bond donors (Lipinski definition) is 1. The lowest BCUT2D eigenvalue weighted by atomic mass is 9.91. The summed E-state index contributed by atoms with van der Waals surface area (Å²) in [7, 11) is -3.57. The fraction of sp³-hybridized carbons (Fsp3) is 0.364. The maximum Gasteiger partial charge on any atom is 0.240 e. The van der Waals surface area contributed by atoms with Gasteiger partial charge in [-0.1, -0.05) is 5.16 Å². The van der Waals surface area contributed by atoms with Crippen LogP contribution in [-0.4, -0.2) is 44.7 Å². The highest BCUT2D eigenvalue weighted by molar-refractivity contribution is 7.89. The third-order valence-electron chi connectivity index (χ3n) is 5.67. The van der Waals surface area contributed by atoms with Gasteiger partial charge < -0.3 is 9.42 Å². The van der Waals surface area contributed by atoms with Crippen LogP contribution in [0.2, 0.25) is 0 Å². The lowest BCUT2D eigenvalue weighted by Gasteiger charge is -2.31. The Hall–Kier alpha value is -2.80. The Morgan fingerprint density at radius 1 is 1.19 bits per heavy atom. The number of rotatable bonds is 7. The van der Waals surface area contributed by atoms with Gasteiger partial charge in [0.2, 0.25) is 10.0 Å². The quantitative estimate of drug-likeness (QED) is 0.563. The number of nitrogens with zero attached hydrogens (tertiary/aromatic N) is 3. The third kappa shape index (κ3) is 4.93. The first-order valence-electron chi connectivity index (χ1n) is 10.2. The van der Waals surface area contributed by atoms with Crippen LogP contribution in [0.3, 0.4) is 0 Å². The summed E-state index contributed by atoms with van der Waals surface area (Å²) in [4.78, 5) is 2.47. The van der Waals surface area contributed by atoms with Gasteiger partial charge in [0.25, 0.3) is 0 Å². The molecule has 1 N–H and O–H groups in total. The van der Waals surface area contributed by atoms with E-state index < -0.39 is 10.0 Å². The van der Waals surface area contributed by atoms with E-state index in [0.29, 0.717) is 24.1 Å². The van der Waals surface area contributed by atoms with Crippen molar-refractivity contribution in [2.24, 2.45) is 0 Å². The molecule has 0 unspecified atom stereocenters. The highest BCUT2D eigenvalue weighted by atomic mass is 32.2. The van der Waals surface area contributed by atoms with Gasteiger partial charge in [0.15, 0.2) is 5.58 Å². The zero-order valence-corrected chi connectivity index (χ0v) is 17.7. The maximum absolute atomic E-state index is 13.3. The third-order valence-corrected chi connectivity index (χ3v) is 7.15. The summed E-state index contributed by atoms with van der Waals surface area (Å²) < 4.78 is 45.9. The molecule has 2 heterocycles. The van der Waals surface area contributed by atoms with E-state index in [1.807, 2.05) is 6.07 Å². The average molecular weight is 443 g/mol. The largest absolute Gasteiger partial charge is 0.356 e. The van der Waals surface area contributed by atoms with E-state index in [-0.39, 0.29) is 16.6 Å². The average Bonchev–Trinajstić information content (AvgIpc) is 3.20. The van der Waals surface area contributed by atoms with Crippen LogP contribution in [0, 0.1) is 17.1 Å². The second-order valence-electron chi connectivity index (χ2n) is 7.71. The van der Waals surface area contributed by atoms with Gasteiger partial charge in [0.05, 0.1) is 22.2 Å². The van der Waals surface area contributed by atoms with Crippen molar-refractivity contribution in [3.05, 3.63) is 59.5 Å². The number of nitriles is 1. The molecule has 1 fully saturated rings. The Bertz CT molecular complexity index is 1190. The van der Waals surface area contributed by atoms with Crippen molar-refractivity contribution in [2.45, 2.75) is 30.1 Å². The first-order valence-corrected chi connectivity index (χ1v) is 11.7. The first-order chi connectivity index (χ1) is 15.0. The summed E-state index contributed by atoms with van der Waals surface area (Å²) in [6, 6.07) is 12.3. The Morgan fingerprint density at radius 3 is 2.65 bits per heavy atom. The molecular formula is C22H23FN4O3S. The van der Waals surface area contributed by atoms with Crippen LogP contribution in [0.15, 0.2) is 51.9 Å². The molecule has 31 heavy (non-hydrogen) atoms. The molecule has 1 aromatic heterocycles. The predicted molar refractivity (Wildman–Crippen MR) is 113 cm³/mol. The molecule has 0 amide bonds. The van der Waals surface area contributed by atoms with E-state index in [4.69, 9.17) is 9.78 Å². The maximum atomic E-state index is 13.3. The monoisotopic (exact) mass is 442 g/mol. The molecule has 0 atom stereocenters. The molecule has 1 aliphatic heterocycles. The molecule has 0 spiro atoms. The number of fused-ring (bicyclic) bond motifs is 1. The Morgan fingerprint density at radius 2 is 1.94 bits per heavy atom. The number of benzene rings is 2. The summed E-state index contributed by atoms with van der Waals surface area (Å²) in [5, 5.41) is 13.9. The van der Waals surface area contributed by atoms with Crippen LogP contribution in [0.25, 0.3) is 11.0 Å². The zero-order chi connectivity index (χ0) is 21.8. The van der Waals surface area contributed by atoms with E-state index >= 15 is 0 Å². The SMILES string of the molecule is N#Cc1ccc(S(=O)(=O)NCCCN2CCC(c3noc4cc(F)ccc34)CC2)cc1. The van der Waals surface area contributed by atoms with Gasteiger partial charge in [-0.2, -0.15) is 5.26 Å². The molecule has 3 aromatic rings. The van der Waals surface area contributed by atoms with Crippen LogP contribution in [-0.2, 0) is 10.0 Å². The Balaban J connectivity index is 1.23. The lowest BCUT2D eigenvalue weighted by Crippen LogP contribution is -2.35. The number of nitrogens with one attached hydrogen (secondary N) is 1. The summed E-state index contributed by atoms with van der Waals surface area (Å²) >= 11 is 0. The number of aromatic nitrogens is 1. The van der Waals surface area contributed by atoms with Crippen molar-refractivity contribution in [3.63, 3.8) is 0 Å². The van der Waals surface area contributed by atoms with Gasteiger partial charge in [-0.15, -0.1) is 0 Å².